The fourth-order valence-corrected chi connectivity index (χ4v) is 2.78. The highest BCUT2D eigenvalue weighted by Crippen LogP contribution is 2.30. The Kier molecular flexibility index (Phi) is 3.23. The minimum Gasteiger partial charge on any atom is -0.478 e. The number of para-hydroxylation sites is 1. The molecule has 6 heteroatoms. The normalized spacial score (nSPS) is 10.9. The molecule has 0 aliphatic carbocycles. The molecule has 3 rings (SSSR count). The van der Waals surface area contributed by atoms with E-state index in [1.165, 1.54) is 6.07 Å². The predicted octanol–water partition coefficient (Wildman–Crippen LogP) is 4.61. The van der Waals surface area contributed by atoms with E-state index in [1.54, 1.807) is 30.3 Å². The van der Waals surface area contributed by atoms with Crippen LogP contribution >= 0.6 is 27.5 Å². The molecule has 0 saturated carbocycles. The Morgan fingerprint density at radius 1 is 1.30 bits per heavy atom. The molecular weight excluding hydrogens is 346 g/mol. The van der Waals surface area contributed by atoms with Crippen LogP contribution in [0, 0.1) is 0 Å². The van der Waals surface area contributed by atoms with E-state index < -0.39 is 5.97 Å². The summed E-state index contributed by atoms with van der Waals surface area (Å²) in [6, 6.07) is 10.0. The molecule has 0 amide bonds. The standard InChI is InChI=1S/C14H7BrClNO3/c15-8-4-7(5-9(16)6-8)13-17-12-10(14(18)19)2-1-3-11(12)20-13/h1-6H,(H,18,19). The molecule has 0 fully saturated rings. The molecule has 0 spiro atoms. The largest absolute Gasteiger partial charge is 0.478 e. The summed E-state index contributed by atoms with van der Waals surface area (Å²) < 4.78 is 6.39. The summed E-state index contributed by atoms with van der Waals surface area (Å²) in [6.45, 7) is 0. The van der Waals surface area contributed by atoms with Gasteiger partial charge in [-0.25, -0.2) is 9.78 Å². The van der Waals surface area contributed by atoms with Crippen molar-refractivity contribution in [1.82, 2.24) is 4.98 Å². The molecular formula is C14H7BrClNO3. The molecule has 3 aromatic rings. The van der Waals surface area contributed by atoms with Crippen molar-refractivity contribution >= 4 is 44.6 Å². The molecule has 0 aliphatic heterocycles. The second kappa shape index (κ2) is 4.92. The lowest BCUT2D eigenvalue weighted by Crippen LogP contribution is -1.96. The van der Waals surface area contributed by atoms with Crippen LogP contribution in [-0.4, -0.2) is 16.1 Å². The van der Waals surface area contributed by atoms with Gasteiger partial charge in [0, 0.05) is 15.1 Å². The molecule has 0 aliphatic rings. The number of rotatable bonds is 2. The number of nitrogens with zero attached hydrogens (tertiary/aromatic N) is 1. The smallest absolute Gasteiger partial charge is 0.338 e. The molecule has 1 N–H and O–H groups in total. The maximum absolute atomic E-state index is 11.2. The van der Waals surface area contributed by atoms with Gasteiger partial charge in [-0.2, -0.15) is 0 Å². The first-order chi connectivity index (χ1) is 9.54. The van der Waals surface area contributed by atoms with Gasteiger partial charge in [-0.15, -0.1) is 0 Å². The zero-order valence-corrected chi connectivity index (χ0v) is 12.3. The van der Waals surface area contributed by atoms with E-state index in [1.807, 2.05) is 0 Å². The lowest BCUT2D eigenvalue weighted by atomic mass is 10.2. The molecule has 20 heavy (non-hydrogen) atoms. The number of hydrogen-bond acceptors (Lipinski definition) is 3. The van der Waals surface area contributed by atoms with Crippen LogP contribution in [-0.2, 0) is 0 Å². The van der Waals surface area contributed by atoms with E-state index in [0.29, 0.717) is 27.6 Å². The Morgan fingerprint density at radius 2 is 2.10 bits per heavy atom. The summed E-state index contributed by atoms with van der Waals surface area (Å²) in [4.78, 5) is 15.4. The van der Waals surface area contributed by atoms with Gasteiger partial charge in [-0.05, 0) is 30.3 Å². The highest BCUT2D eigenvalue weighted by molar-refractivity contribution is 9.10. The summed E-state index contributed by atoms with van der Waals surface area (Å²) in [5.41, 5.74) is 1.54. The van der Waals surface area contributed by atoms with E-state index >= 15 is 0 Å². The first kappa shape index (κ1) is 13.1. The third-order valence-electron chi connectivity index (χ3n) is 2.76. The fourth-order valence-electron chi connectivity index (χ4n) is 1.92. The summed E-state index contributed by atoms with van der Waals surface area (Å²) >= 11 is 9.33. The second-order valence-electron chi connectivity index (χ2n) is 4.13. The maximum atomic E-state index is 11.2. The van der Waals surface area contributed by atoms with Gasteiger partial charge in [0.15, 0.2) is 5.58 Å². The lowest BCUT2D eigenvalue weighted by Gasteiger charge is -1.97. The van der Waals surface area contributed by atoms with Crippen LogP contribution in [0.15, 0.2) is 45.3 Å². The number of aromatic carboxylic acids is 1. The Labute approximate surface area is 127 Å². The zero-order valence-electron chi connectivity index (χ0n) is 9.93. The van der Waals surface area contributed by atoms with Crippen molar-refractivity contribution in [3.05, 3.63) is 51.5 Å². The molecule has 2 aromatic carbocycles. The molecule has 100 valence electrons. The summed E-state index contributed by atoms with van der Waals surface area (Å²) in [7, 11) is 0. The summed E-state index contributed by atoms with van der Waals surface area (Å²) in [5, 5.41) is 9.68. The number of fused-ring (bicyclic) bond motifs is 1. The number of aromatic nitrogens is 1. The van der Waals surface area contributed by atoms with Crippen LogP contribution in [0.4, 0.5) is 0 Å². The molecule has 0 radical (unpaired) electrons. The molecule has 1 aromatic heterocycles. The number of hydrogen-bond donors (Lipinski definition) is 1. The van der Waals surface area contributed by atoms with Crippen LogP contribution in [0.5, 0.6) is 0 Å². The van der Waals surface area contributed by atoms with E-state index in [2.05, 4.69) is 20.9 Å². The van der Waals surface area contributed by atoms with Crippen molar-refractivity contribution in [2.24, 2.45) is 0 Å². The van der Waals surface area contributed by atoms with Crippen LogP contribution in [0.3, 0.4) is 0 Å². The number of halogens is 2. The van der Waals surface area contributed by atoms with Gasteiger partial charge in [0.05, 0.1) is 5.56 Å². The third kappa shape index (κ3) is 2.30. The Bertz CT molecular complexity index is 808. The molecule has 0 saturated heterocycles. The molecule has 0 atom stereocenters. The predicted molar refractivity (Wildman–Crippen MR) is 79.1 cm³/mol. The van der Waals surface area contributed by atoms with E-state index in [4.69, 9.17) is 21.1 Å². The quantitative estimate of drug-likeness (QED) is 0.731. The van der Waals surface area contributed by atoms with Gasteiger partial charge in [0.2, 0.25) is 5.89 Å². The van der Waals surface area contributed by atoms with Gasteiger partial charge in [-0.3, -0.25) is 0 Å². The molecule has 1 heterocycles. The summed E-state index contributed by atoms with van der Waals surface area (Å²) in [5.74, 6) is -0.709. The monoisotopic (exact) mass is 351 g/mol. The first-order valence-corrected chi connectivity index (χ1v) is 6.81. The van der Waals surface area contributed by atoms with Crippen molar-refractivity contribution in [1.29, 1.82) is 0 Å². The van der Waals surface area contributed by atoms with Crippen molar-refractivity contribution < 1.29 is 14.3 Å². The molecule has 4 nitrogen and oxygen atoms in total. The van der Waals surface area contributed by atoms with Crippen molar-refractivity contribution in [3.63, 3.8) is 0 Å². The highest BCUT2D eigenvalue weighted by atomic mass is 79.9. The van der Waals surface area contributed by atoms with Crippen LogP contribution < -0.4 is 0 Å². The Hall–Kier alpha value is -1.85. The average molecular weight is 353 g/mol. The average Bonchev–Trinajstić information content (AvgIpc) is 2.80. The zero-order chi connectivity index (χ0) is 14.3. The molecule has 0 bridgehead atoms. The molecule has 0 unspecified atom stereocenters. The highest BCUT2D eigenvalue weighted by Gasteiger charge is 2.15. The fraction of sp³-hybridized carbons (Fsp3) is 0. The number of carbonyl (C=O) groups is 1. The first-order valence-electron chi connectivity index (χ1n) is 5.64. The van der Waals surface area contributed by atoms with Gasteiger partial charge in [-0.1, -0.05) is 33.6 Å². The maximum Gasteiger partial charge on any atom is 0.338 e. The lowest BCUT2D eigenvalue weighted by molar-refractivity contribution is 0.0699. The van der Waals surface area contributed by atoms with E-state index in [-0.39, 0.29) is 5.56 Å². The van der Waals surface area contributed by atoms with Gasteiger partial charge >= 0.3 is 5.97 Å². The van der Waals surface area contributed by atoms with Crippen LogP contribution in [0.25, 0.3) is 22.6 Å². The van der Waals surface area contributed by atoms with Gasteiger partial charge < -0.3 is 9.52 Å². The summed E-state index contributed by atoms with van der Waals surface area (Å²) in [6.07, 6.45) is 0. The number of oxazole rings is 1. The van der Waals surface area contributed by atoms with Crippen molar-refractivity contribution in [2.45, 2.75) is 0 Å². The SMILES string of the molecule is O=C(O)c1cccc2oc(-c3cc(Cl)cc(Br)c3)nc12. The van der Waals surface area contributed by atoms with Crippen LogP contribution in [0.2, 0.25) is 5.02 Å². The number of carboxylic acid groups (broad SMARTS) is 1. The van der Waals surface area contributed by atoms with Crippen molar-refractivity contribution in [3.8, 4) is 11.5 Å². The number of benzene rings is 2. The minimum atomic E-state index is -1.04. The van der Waals surface area contributed by atoms with Gasteiger partial charge in [0.25, 0.3) is 0 Å². The van der Waals surface area contributed by atoms with E-state index in [0.717, 1.165) is 4.47 Å². The third-order valence-corrected chi connectivity index (χ3v) is 3.43. The minimum absolute atomic E-state index is 0.110. The Morgan fingerprint density at radius 3 is 2.80 bits per heavy atom. The van der Waals surface area contributed by atoms with Crippen LogP contribution in [0.1, 0.15) is 10.4 Å². The number of carboxylic acids is 1. The Balaban J connectivity index is 2.23. The van der Waals surface area contributed by atoms with Crippen molar-refractivity contribution in [2.75, 3.05) is 0 Å². The van der Waals surface area contributed by atoms with Gasteiger partial charge in [0.1, 0.15) is 5.52 Å². The second-order valence-corrected chi connectivity index (χ2v) is 5.49. The van der Waals surface area contributed by atoms with E-state index in [9.17, 15) is 4.79 Å². The topological polar surface area (TPSA) is 63.3 Å².